The average molecular weight is 245 g/mol. The van der Waals surface area contributed by atoms with Crippen LogP contribution in [0.5, 0.6) is 0 Å². The highest BCUT2D eigenvalue weighted by molar-refractivity contribution is 5.40. The van der Waals surface area contributed by atoms with Crippen LogP contribution in [0.3, 0.4) is 0 Å². The summed E-state index contributed by atoms with van der Waals surface area (Å²) in [4.78, 5) is 0. The van der Waals surface area contributed by atoms with E-state index in [2.05, 4.69) is 64.2 Å². The lowest BCUT2D eigenvalue weighted by atomic mass is 9.76. The van der Waals surface area contributed by atoms with Crippen molar-refractivity contribution in [1.82, 2.24) is 5.32 Å². The minimum absolute atomic E-state index is 0.225. The van der Waals surface area contributed by atoms with Crippen molar-refractivity contribution in [2.45, 2.75) is 58.9 Å². The van der Waals surface area contributed by atoms with Crippen molar-refractivity contribution in [1.29, 1.82) is 0 Å². The van der Waals surface area contributed by atoms with Crippen molar-refractivity contribution >= 4 is 0 Å². The molecule has 1 N–H and O–H groups in total. The minimum Gasteiger partial charge on any atom is -0.311 e. The molecule has 1 unspecified atom stereocenters. The standard InChI is InChI=1S/C17H27N/c1-16(2,3)12-17(4,5)18-11-14-10-13-8-6-7-9-15(13)14/h6-9,14,18H,10-12H2,1-5H3. The summed E-state index contributed by atoms with van der Waals surface area (Å²) in [7, 11) is 0. The van der Waals surface area contributed by atoms with E-state index in [4.69, 9.17) is 0 Å². The Morgan fingerprint density at radius 2 is 1.78 bits per heavy atom. The van der Waals surface area contributed by atoms with E-state index in [1.165, 1.54) is 18.4 Å². The predicted molar refractivity (Wildman–Crippen MR) is 79.0 cm³/mol. The van der Waals surface area contributed by atoms with Gasteiger partial charge in [0.2, 0.25) is 0 Å². The van der Waals surface area contributed by atoms with Gasteiger partial charge >= 0.3 is 0 Å². The summed E-state index contributed by atoms with van der Waals surface area (Å²) in [5.74, 6) is 0.723. The normalized spacial score (nSPS) is 19.3. The van der Waals surface area contributed by atoms with E-state index in [1.807, 2.05) is 0 Å². The van der Waals surface area contributed by atoms with Crippen LogP contribution in [0.4, 0.5) is 0 Å². The SMILES string of the molecule is CC(C)(C)CC(C)(C)NCC1Cc2ccccc21. The Bertz CT molecular complexity index is 412. The summed E-state index contributed by atoms with van der Waals surface area (Å²) in [6.07, 6.45) is 2.45. The van der Waals surface area contributed by atoms with Gasteiger partial charge in [0.25, 0.3) is 0 Å². The molecule has 0 spiro atoms. The molecule has 0 aromatic heterocycles. The van der Waals surface area contributed by atoms with Gasteiger partial charge in [-0.25, -0.2) is 0 Å². The minimum atomic E-state index is 0.225. The van der Waals surface area contributed by atoms with E-state index >= 15 is 0 Å². The second kappa shape index (κ2) is 4.70. The lowest BCUT2D eigenvalue weighted by Crippen LogP contribution is -2.45. The molecular weight excluding hydrogens is 218 g/mol. The van der Waals surface area contributed by atoms with Crippen molar-refractivity contribution in [3.63, 3.8) is 0 Å². The van der Waals surface area contributed by atoms with Gasteiger partial charge in [-0.1, -0.05) is 45.0 Å². The number of hydrogen-bond acceptors (Lipinski definition) is 1. The first-order chi connectivity index (χ1) is 8.27. The molecule has 1 nitrogen and oxygen atoms in total. The summed E-state index contributed by atoms with van der Waals surface area (Å²) in [5, 5.41) is 3.76. The van der Waals surface area contributed by atoms with Crippen molar-refractivity contribution < 1.29 is 0 Å². The van der Waals surface area contributed by atoms with Crippen molar-refractivity contribution in [3.05, 3.63) is 35.4 Å². The van der Waals surface area contributed by atoms with Gasteiger partial charge in [0.15, 0.2) is 0 Å². The highest BCUT2D eigenvalue weighted by Gasteiger charge is 2.29. The summed E-state index contributed by atoms with van der Waals surface area (Å²) >= 11 is 0. The lowest BCUT2D eigenvalue weighted by molar-refractivity contribution is 0.237. The third-order valence-corrected chi connectivity index (χ3v) is 3.76. The molecule has 0 bridgehead atoms. The molecule has 0 amide bonds. The molecule has 1 aliphatic carbocycles. The van der Waals surface area contributed by atoms with Crippen LogP contribution in [0, 0.1) is 5.41 Å². The number of hydrogen-bond donors (Lipinski definition) is 1. The van der Waals surface area contributed by atoms with E-state index in [1.54, 1.807) is 5.56 Å². The molecule has 1 heteroatoms. The Balaban J connectivity index is 1.87. The maximum absolute atomic E-state index is 3.76. The van der Waals surface area contributed by atoms with Crippen molar-refractivity contribution in [2.75, 3.05) is 6.54 Å². The van der Waals surface area contributed by atoms with Crippen LogP contribution in [-0.2, 0) is 6.42 Å². The van der Waals surface area contributed by atoms with E-state index < -0.39 is 0 Å². The van der Waals surface area contributed by atoms with Crippen LogP contribution in [0.25, 0.3) is 0 Å². The van der Waals surface area contributed by atoms with Crippen molar-refractivity contribution in [3.8, 4) is 0 Å². The quantitative estimate of drug-likeness (QED) is 0.841. The van der Waals surface area contributed by atoms with Gasteiger partial charge in [0.05, 0.1) is 0 Å². The lowest BCUT2D eigenvalue weighted by Gasteiger charge is -2.37. The van der Waals surface area contributed by atoms with Gasteiger partial charge in [-0.05, 0) is 43.2 Å². The molecule has 2 rings (SSSR count). The molecule has 0 radical (unpaired) electrons. The van der Waals surface area contributed by atoms with Gasteiger partial charge in [0.1, 0.15) is 0 Å². The van der Waals surface area contributed by atoms with Crippen LogP contribution in [0.15, 0.2) is 24.3 Å². The molecule has 1 aromatic rings. The molecule has 100 valence electrons. The summed E-state index contributed by atoms with van der Waals surface area (Å²) in [6, 6.07) is 8.84. The van der Waals surface area contributed by atoms with Crippen molar-refractivity contribution in [2.24, 2.45) is 5.41 Å². The van der Waals surface area contributed by atoms with Crippen LogP contribution >= 0.6 is 0 Å². The van der Waals surface area contributed by atoms with Crippen LogP contribution in [-0.4, -0.2) is 12.1 Å². The largest absolute Gasteiger partial charge is 0.311 e. The molecule has 0 fully saturated rings. The maximum atomic E-state index is 3.76. The smallest absolute Gasteiger partial charge is 0.0130 e. The highest BCUT2D eigenvalue weighted by atomic mass is 15.0. The third-order valence-electron chi connectivity index (χ3n) is 3.76. The Hall–Kier alpha value is -0.820. The second-order valence-electron chi connectivity index (χ2n) is 7.60. The fourth-order valence-electron chi connectivity index (χ4n) is 3.33. The van der Waals surface area contributed by atoms with Crippen LogP contribution in [0.2, 0.25) is 0 Å². The van der Waals surface area contributed by atoms with E-state index in [0.717, 1.165) is 12.5 Å². The van der Waals surface area contributed by atoms with Gasteiger partial charge in [-0.2, -0.15) is 0 Å². The molecule has 18 heavy (non-hydrogen) atoms. The molecule has 1 aliphatic rings. The molecule has 0 saturated heterocycles. The first kappa shape index (κ1) is 13.6. The predicted octanol–water partition coefficient (Wildman–Crippen LogP) is 4.13. The Kier molecular flexibility index (Phi) is 3.55. The molecule has 0 saturated carbocycles. The van der Waals surface area contributed by atoms with Gasteiger partial charge in [-0.3, -0.25) is 0 Å². The van der Waals surface area contributed by atoms with E-state index in [9.17, 15) is 0 Å². The van der Waals surface area contributed by atoms with Crippen LogP contribution in [0.1, 0.15) is 58.1 Å². The number of rotatable bonds is 4. The molecule has 1 aromatic carbocycles. The summed E-state index contributed by atoms with van der Waals surface area (Å²) in [6.45, 7) is 12.7. The third kappa shape index (κ3) is 3.35. The monoisotopic (exact) mass is 245 g/mol. The number of fused-ring (bicyclic) bond motifs is 1. The first-order valence-corrected chi connectivity index (χ1v) is 7.10. The zero-order chi connectivity index (χ0) is 13.4. The zero-order valence-electron chi connectivity index (χ0n) is 12.5. The number of benzene rings is 1. The Morgan fingerprint density at radius 3 is 2.39 bits per heavy atom. The summed E-state index contributed by atoms with van der Waals surface area (Å²) in [5.41, 5.74) is 3.70. The number of nitrogens with one attached hydrogen (secondary N) is 1. The highest BCUT2D eigenvalue weighted by Crippen LogP contribution is 2.35. The average Bonchev–Trinajstić information content (AvgIpc) is 2.15. The molecule has 1 atom stereocenters. The zero-order valence-corrected chi connectivity index (χ0v) is 12.5. The van der Waals surface area contributed by atoms with Crippen LogP contribution < -0.4 is 5.32 Å². The molecule has 0 aliphatic heterocycles. The summed E-state index contributed by atoms with van der Waals surface area (Å²) < 4.78 is 0. The topological polar surface area (TPSA) is 12.0 Å². The Morgan fingerprint density at radius 1 is 1.11 bits per heavy atom. The molecule has 0 heterocycles. The van der Waals surface area contributed by atoms with Gasteiger partial charge < -0.3 is 5.32 Å². The Labute approximate surface area is 112 Å². The maximum Gasteiger partial charge on any atom is 0.0130 e. The fraction of sp³-hybridized carbons (Fsp3) is 0.647. The second-order valence-corrected chi connectivity index (χ2v) is 7.60. The van der Waals surface area contributed by atoms with Gasteiger partial charge in [0, 0.05) is 18.0 Å². The van der Waals surface area contributed by atoms with Gasteiger partial charge in [-0.15, -0.1) is 0 Å². The fourth-order valence-corrected chi connectivity index (χ4v) is 3.33. The molecular formula is C17H27N. The first-order valence-electron chi connectivity index (χ1n) is 7.10. The van der Waals surface area contributed by atoms with E-state index in [0.29, 0.717) is 5.41 Å². The van der Waals surface area contributed by atoms with E-state index in [-0.39, 0.29) is 5.54 Å².